The van der Waals surface area contributed by atoms with Crippen molar-refractivity contribution < 1.29 is 19.0 Å². The van der Waals surface area contributed by atoms with E-state index in [1.165, 1.54) is 11.1 Å². The van der Waals surface area contributed by atoms with E-state index in [0.29, 0.717) is 17.9 Å². The lowest BCUT2D eigenvalue weighted by Crippen LogP contribution is -2.49. The summed E-state index contributed by atoms with van der Waals surface area (Å²) in [5.41, 5.74) is 2.60. The van der Waals surface area contributed by atoms with E-state index in [1.807, 2.05) is 30.9 Å². The molecule has 2 fully saturated rings. The monoisotopic (exact) mass is 452 g/mol. The molecule has 0 aromatic heterocycles. The molecule has 33 heavy (non-hydrogen) atoms. The first kappa shape index (κ1) is 23.6. The van der Waals surface area contributed by atoms with Crippen molar-refractivity contribution >= 4 is 5.91 Å². The van der Waals surface area contributed by atoms with Gasteiger partial charge in [0, 0.05) is 51.2 Å². The van der Waals surface area contributed by atoms with Gasteiger partial charge in [0.05, 0.1) is 13.2 Å². The number of hydrogen-bond acceptors (Lipinski definition) is 5. The van der Waals surface area contributed by atoms with Crippen LogP contribution in [0.1, 0.15) is 37.3 Å². The largest absolute Gasteiger partial charge is 0.497 e. The van der Waals surface area contributed by atoms with Crippen molar-refractivity contribution in [2.75, 3.05) is 40.5 Å². The fraction of sp³-hybridized carbons (Fsp3) is 0.519. The van der Waals surface area contributed by atoms with Crippen LogP contribution in [0.2, 0.25) is 0 Å². The Balaban J connectivity index is 1.55. The van der Waals surface area contributed by atoms with Gasteiger partial charge in [0.2, 0.25) is 5.91 Å². The van der Waals surface area contributed by atoms with Crippen molar-refractivity contribution in [1.82, 2.24) is 9.80 Å². The predicted octanol–water partition coefficient (Wildman–Crippen LogP) is 3.95. The second kappa shape index (κ2) is 10.6. The summed E-state index contributed by atoms with van der Waals surface area (Å²) in [6.07, 6.45) is 1.15. The highest BCUT2D eigenvalue weighted by atomic mass is 16.5. The molecule has 0 unspecified atom stereocenters. The number of piperidine rings is 1. The molecule has 2 heterocycles. The summed E-state index contributed by atoms with van der Waals surface area (Å²) in [5, 5.41) is 0. The average Bonchev–Trinajstić information content (AvgIpc) is 3.17. The first-order chi connectivity index (χ1) is 16.0. The Bertz CT molecular complexity index is 913. The van der Waals surface area contributed by atoms with Crippen molar-refractivity contribution in [1.29, 1.82) is 0 Å². The summed E-state index contributed by atoms with van der Waals surface area (Å²) in [6.45, 7) is 7.69. The first-order valence-corrected chi connectivity index (χ1v) is 11.9. The molecule has 6 heteroatoms. The minimum Gasteiger partial charge on any atom is -0.497 e. The van der Waals surface area contributed by atoms with Gasteiger partial charge >= 0.3 is 0 Å². The number of hydrogen-bond donors (Lipinski definition) is 0. The molecule has 178 valence electrons. The quantitative estimate of drug-likeness (QED) is 0.607. The number of methoxy groups -OCH3 is 2. The van der Waals surface area contributed by atoms with E-state index in [4.69, 9.17) is 14.2 Å². The summed E-state index contributed by atoms with van der Waals surface area (Å²) in [6, 6.07) is 17.4. The van der Waals surface area contributed by atoms with Crippen molar-refractivity contribution in [3.05, 3.63) is 59.7 Å². The van der Waals surface area contributed by atoms with Crippen LogP contribution < -0.4 is 9.47 Å². The van der Waals surface area contributed by atoms with E-state index in [0.717, 1.165) is 44.1 Å². The number of likely N-dealkylation sites (tertiary alicyclic amines) is 2. The summed E-state index contributed by atoms with van der Waals surface area (Å²) >= 11 is 0. The van der Waals surface area contributed by atoms with E-state index in [-0.39, 0.29) is 18.6 Å². The lowest BCUT2D eigenvalue weighted by atomic mass is 9.81. The van der Waals surface area contributed by atoms with Crippen molar-refractivity contribution in [2.45, 2.75) is 44.9 Å². The van der Waals surface area contributed by atoms with E-state index in [2.05, 4.69) is 41.3 Å². The molecular formula is C27H36N2O4. The Morgan fingerprint density at radius 1 is 1.00 bits per heavy atom. The highest BCUT2D eigenvalue weighted by molar-refractivity contribution is 5.77. The Kier molecular flexibility index (Phi) is 7.56. The minimum absolute atomic E-state index is 0.0870. The molecule has 4 rings (SSSR count). The number of amides is 1. The fourth-order valence-corrected chi connectivity index (χ4v) is 5.35. The van der Waals surface area contributed by atoms with Gasteiger partial charge in [0.25, 0.3) is 0 Å². The van der Waals surface area contributed by atoms with Crippen LogP contribution in [-0.4, -0.2) is 68.3 Å². The molecule has 2 aliphatic rings. The maximum atomic E-state index is 12.6. The van der Waals surface area contributed by atoms with Crippen LogP contribution in [-0.2, 0) is 16.1 Å². The third-order valence-electron chi connectivity index (χ3n) is 6.88. The van der Waals surface area contributed by atoms with Crippen LogP contribution in [0.15, 0.2) is 48.5 Å². The molecule has 0 N–H and O–H groups in total. The molecule has 2 aliphatic heterocycles. The second-order valence-corrected chi connectivity index (χ2v) is 9.41. The molecule has 0 radical (unpaired) electrons. The number of carbonyl (C=O) groups is 1. The normalized spacial score (nSPS) is 22.9. The number of ether oxygens (including phenoxy) is 3. The maximum absolute atomic E-state index is 12.6. The number of benzene rings is 2. The Labute approximate surface area is 197 Å². The van der Waals surface area contributed by atoms with Gasteiger partial charge in [-0.25, -0.2) is 0 Å². The number of carbonyl (C=O) groups excluding carboxylic acids is 1. The third-order valence-corrected chi connectivity index (χ3v) is 6.88. The molecule has 6 nitrogen and oxygen atoms in total. The lowest BCUT2D eigenvalue weighted by molar-refractivity contribution is -0.137. The highest BCUT2D eigenvalue weighted by Gasteiger charge is 2.45. The van der Waals surface area contributed by atoms with Crippen molar-refractivity contribution in [2.24, 2.45) is 5.92 Å². The summed E-state index contributed by atoms with van der Waals surface area (Å²) < 4.78 is 16.3. The van der Waals surface area contributed by atoms with Gasteiger partial charge in [-0.1, -0.05) is 24.3 Å². The van der Waals surface area contributed by atoms with E-state index in [9.17, 15) is 4.79 Å². The molecule has 2 saturated heterocycles. The number of nitrogens with zero attached hydrogens (tertiary/aromatic N) is 2. The maximum Gasteiger partial charge on any atom is 0.248 e. The van der Waals surface area contributed by atoms with Gasteiger partial charge in [-0.2, -0.15) is 0 Å². The average molecular weight is 453 g/mol. The van der Waals surface area contributed by atoms with Crippen LogP contribution in [0.25, 0.3) is 0 Å². The summed E-state index contributed by atoms with van der Waals surface area (Å²) in [7, 11) is 3.28. The summed E-state index contributed by atoms with van der Waals surface area (Å²) in [5.74, 6) is 2.64. The molecule has 2 aromatic carbocycles. The molecule has 0 bridgehead atoms. The molecule has 0 spiro atoms. The van der Waals surface area contributed by atoms with Crippen LogP contribution in [0.3, 0.4) is 0 Å². The third kappa shape index (κ3) is 5.50. The van der Waals surface area contributed by atoms with Crippen LogP contribution in [0, 0.1) is 5.92 Å². The zero-order valence-electron chi connectivity index (χ0n) is 20.2. The minimum atomic E-state index is 0.0870. The van der Waals surface area contributed by atoms with Gasteiger partial charge in [-0.3, -0.25) is 9.69 Å². The van der Waals surface area contributed by atoms with Crippen LogP contribution >= 0.6 is 0 Å². The van der Waals surface area contributed by atoms with Crippen LogP contribution in [0.4, 0.5) is 0 Å². The van der Waals surface area contributed by atoms with E-state index < -0.39 is 0 Å². The highest BCUT2D eigenvalue weighted by Crippen LogP contribution is 2.42. The number of fused-ring (bicyclic) bond motifs is 1. The number of rotatable bonds is 8. The topological polar surface area (TPSA) is 51.2 Å². The molecule has 0 saturated carbocycles. The standard InChI is InChI=1S/C27H36N2O4/c1-19(2)33-23-11-7-21(8-12-23)24-16-29(15-20-5-9-22(32-4)10-6-20)26-13-14-28(17-25(24)26)27(30)18-31-3/h5-12,19,24-26H,13-18H2,1-4H3/t24-,25-,26-/m1/s1. The van der Waals surface area contributed by atoms with Gasteiger partial charge in [-0.05, 0) is 55.7 Å². The van der Waals surface area contributed by atoms with Crippen molar-refractivity contribution in [3.63, 3.8) is 0 Å². The molecule has 3 atom stereocenters. The zero-order chi connectivity index (χ0) is 23.4. The lowest BCUT2D eigenvalue weighted by Gasteiger charge is -2.39. The fourth-order valence-electron chi connectivity index (χ4n) is 5.35. The van der Waals surface area contributed by atoms with E-state index in [1.54, 1.807) is 14.2 Å². The SMILES string of the molecule is COCC(=O)N1CC[C@@H]2[C@H](C1)[C@@H](c1ccc(OC(C)C)cc1)CN2Cc1ccc(OC)cc1. The first-order valence-electron chi connectivity index (χ1n) is 11.9. The molecule has 2 aromatic rings. The zero-order valence-corrected chi connectivity index (χ0v) is 20.2. The van der Waals surface area contributed by atoms with Gasteiger partial charge in [-0.15, -0.1) is 0 Å². The molecular weight excluding hydrogens is 416 g/mol. The van der Waals surface area contributed by atoms with Crippen molar-refractivity contribution in [3.8, 4) is 11.5 Å². The molecule has 0 aliphatic carbocycles. The van der Waals surface area contributed by atoms with Gasteiger partial charge in [0.1, 0.15) is 18.1 Å². The second-order valence-electron chi connectivity index (χ2n) is 9.41. The Hall–Kier alpha value is -2.57. The Morgan fingerprint density at radius 2 is 1.70 bits per heavy atom. The summed E-state index contributed by atoms with van der Waals surface area (Å²) in [4.78, 5) is 17.2. The predicted molar refractivity (Wildman–Crippen MR) is 129 cm³/mol. The van der Waals surface area contributed by atoms with Gasteiger partial charge in [0.15, 0.2) is 0 Å². The Morgan fingerprint density at radius 3 is 2.33 bits per heavy atom. The smallest absolute Gasteiger partial charge is 0.248 e. The molecule has 1 amide bonds. The van der Waals surface area contributed by atoms with Gasteiger partial charge < -0.3 is 19.1 Å². The van der Waals surface area contributed by atoms with E-state index >= 15 is 0 Å². The van der Waals surface area contributed by atoms with Crippen LogP contribution in [0.5, 0.6) is 11.5 Å².